The molecule has 1 N–H and O–H groups in total. The molecule has 0 fully saturated rings. The van der Waals surface area contributed by atoms with Crippen molar-refractivity contribution in [3.8, 4) is 5.75 Å². The summed E-state index contributed by atoms with van der Waals surface area (Å²) in [7, 11) is 1.58. The molecule has 26 heavy (non-hydrogen) atoms. The number of rotatable bonds is 8. The zero-order valence-corrected chi connectivity index (χ0v) is 15.1. The lowest BCUT2D eigenvalue weighted by Crippen LogP contribution is -2.23. The van der Waals surface area contributed by atoms with Gasteiger partial charge < -0.3 is 19.2 Å². The maximum atomic E-state index is 12.5. The van der Waals surface area contributed by atoms with E-state index in [1.54, 1.807) is 19.2 Å². The highest BCUT2D eigenvalue weighted by Crippen LogP contribution is 2.28. The van der Waals surface area contributed by atoms with Gasteiger partial charge in [0, 0.05) is 18.5 Å². The minimum atomic E-state index is -0.257. The van der Waals surface area contributed by atoms with Gasteiger partial charge in [-0.05, 0) is 29.7 Å². The summed E-state index contributed by atoms with van der Waals surface area (Å²) in [5.41, 5.74) is 2.69. The number of carbonyl (C=O) groups excluding carboxylic acids is 1. The largest absolute Gasteiger partial charge is 0.493 e. The third kappa shape index (κ3) is 4.06. The number of para-hydroxylation sites is 1. The second-order valence-corrected chi connectivity index (χ2v) is 5.99. The van der Waals surface area contributed by atoms with Gasteiger partial charge >= 0.3 is 0 Å². The molecule has 0 unspecified atom stereocenters. The Morgan fingerprint density at radius 1 is 1.12 bits per heavy atom. The van der Waals surface area contributed by atoms with Crippen molar-refractivity contribution in [1.82, 2.24) is 5.32 Å². The number of hydrogen-bond donors (Lipinski definition) is 1. The van der Waals surface area contributed by atoms with Crippen LogP contribution in [0.1, 0.15) is 35.0 Å². The standard InChI is InChI=1S/C21H23NO4/c1-3-11-25-14-17-8-5-4-7-16(17)13-22-21(23)19-12-15-9-6-10-18(24-2)20(15)26-19/h4-10,12H,3,11,13-14H2,1-2H3,(H,22,23). The van der Waals surface area contributed by atoms with Crippen LogP contribution < -0.4 is 10.1 Å². The van der Waals surface area contributed by atoms with E-state index in [-0.39, 0.29) is 11.7 Å². The van der Waals surface area contributed by atoms with E-state index in [0.717, 1.165) is 29.5 Å². The molecule has 1 amide bonds. The van der Waals surface area contributed by atoms with Crippen molar-refractivity contribution >= 4 is 16.9 Å². The number of furan rings is 1. The van der Waals surface area contributed by atoms with Crippen molar-refractivity contribution < 1.29 is 18.7 Å². The quantitative estimate of drug-likeness (QED) is 0.614. The Morgan fingerprint density at radius 3 is 2.69 bits per heavy atom. The summed E-state index contributed by atoms with van der Waals surface area (Å²) < 4.78 is 16.6. The summed E-state index contributed by atoms with van der Waals surface area (Å²) in [6.45, 7) is 3.76. The van der Waals surface area contributed by atoms with Crippen molar-refractivity contribution in [2.45, 2.75) is 26.5 Å². The molecule has 1 heterocycles. The minimum absolute atomic E-state index is 0.257. The summed E-state index contributed by atoms with van der Waals surface area (Å²) >= 11 is 0. The fourth-order valence-corrected chi connectivity index (χ4v) is 2.77. The molecule has 0 saturated carbocycles. The average Bonchev–Trinajstić information content (AvgIpc) is 3.11. The molecule has 0 bridgehead atoms. The average molecular weight is 353 g/mol. The molecule has 2 aromatic carbocycles. The van der Waals surface area contributed by atoms with Crippen LogP contribution in [0.15, 0.2) is 52.9 Å². The third-order valence-corrected chi connectivity index (χ3v) is 4.12. The zero-order valence-electron chi connectivity index (χ0n) is 15.1. The first-order chi connectivity index (χ1) is 12.7. The normalized spacial score (nSPS) is 10.8. The molecule has 5 heteroatoms. The van der Waals surface area contributed by atoms with Crippen molar-refractivity contribution in [2.24, 2.45) is 0 Å². The Labute approximate surface area is 152 Å². The van der Waals surface area contributed by atoms with Crippen LogP contribution in [-0.2, 0) is 17.9 Å². The fraction of sp³-hybridized carbons (Fsp3) is 0.286. The van der Waals surface area contributed by atoms with E-state index in [2.05, 4.69) is 12.2 Å². The van der Waals surface area contributed by atoms with Crippen LogP contribution in [0.3, 0.4) is 0 Å². The second kappa shape index (κ2) is 8.54. The molecule has 0 radical (unpaired) electrons. The number of nitrogens with one attached hydrogen (secondary N) is 1. The van der Waals surface area contributed by atoms with Gasteiger partial charge in [-0.3, -0.25) is 4.79 Å². The lowest BCUT2D eigenvalue weighted by atomic mass is 10.1. The van der Waals surface area contributed by atoms with Crippen molar-refractivity contribution in [2.75, 3.05) is 13.7 Å². The summed E-state index contributed by atoms with van der Waals surface area (Å²) in [5.74, 6) is 0.622. The predicted octanol–water partition coefficient (Wildman–Crippen LogP) is 4.30. The van der Waals surface area contributed by atoms with Crippen LogP contribution in [-0.4, -0.2) is 19.6 Å². The Balaban J connectivity index is 1.70. The van der Waals surface area contributed by atoms with E-state index in [4.69, 9.17) is 13.9 Å². The van der Waals surface area contributed by atoms with E-state index in [9.17, 15) is 4.79 Å². The molecule has 3 aromatic rings. The van der Waals surface area contributed by atoms with Gasteiger partial charge in [0.05, 0.1) is 13.7 Å². The topological polar surface area (TPSA) is 60.7 Å². The van der Waals surface area contributed by atoms with Crippen LogP contribution in [0.4, 0.5) is 0 Å². The number of fused-ring (bicyclic) bond motifs is 1. The van der Waals surface area contributed by atoms with Gasteiger partial charge in [-0.25, -0.2) is 0 Å². The SMILES string of the molecule is CCCOCc1ccccc1CNC(=O)c1cc2cccc(OC)c2o1. The van der Waals surface area contributed by atoms with E-state index in [1.165, 1.54) is 0 Å². The lowest BCUT2D eigenvalue weighted by Gasteiger charge is -2.10. The Bertz CT molecular complexity index is 885. The molecule has 0 aliphatic carbocycles. The van der Waals surface area contributed by atoms with Crippen molar-refractivity contribution in [3.63, 3.8) is 0 Å². The van der Waals surface area contributed by atoms with Gasteiger partial charge in [-0.1, -0.05) is 43.3 Å². The van der Waals surface area contributed by atoms with Crippen LogP contribution in [0.25, 0.3) is 11.0 Å². The van der Waals surface area contributed by atoms with Gasteiger partial charge in [0.2, 0.25) is 0 Å². The molecule has 0 aliphatic heterocycles. The highest BCUT2D eigenvalue weighted by atomic mass is 16.5. The smallest absolute Gasteiger partial charge is 0.287 e. The maximum Gasteiger partial charge on any atom is 0.287 e. The lowest BCUT2D eigenvalue weighted by molar-refractivity contribution is 0.0924. The molecule has 0 atom stereocenters. The van der Waals surface area contributed by atoms with Crippen LogP contribution in [0, 0.1) is 0 Å². The van der Waals surface area contributed by atoms with Crippen LogP contribution in [0.2, 0.25) is 0 Å². The number of carbonyl (C=O) groups is 1. The molecule has 1 aromatic heterocycles. The number of amides is 1. The fourth-order valence-electron chi connectivity index (χ4n) is 2.77. The summed E-state index contributed by atoms with van der Waals surface area (Å²) in [5, 5.41) is 3.75. The highest BCUT2D eigenvalue weighted by Gasteiger charge is 2.15. The number of benzene rings is 2. The Morgan fingerprint density at radius 2 is 1.92 bits per heavy atom. The molecule has 5 nitrogen and oxygen atoms in total. The molecule has 0 aliphatic rings. The summed E-state index contributed by atoms with van der Waals surface area (Å²) in [6, 6.07) is 15.2. The van der Waals surface area contributed by atoms with E-state index in [1.807, 2.05) is 36.4 Å². The Hall–Kier alpha value is -2.79. The van der Waals surface area contributed by atoms with Crippen molar-refractivity contribution in [1.29, 1.82) is 0 Å². The van der Waals surface area contributed by atoms with E-state index >= 15 is 0 Å². The molecule has 136 valence electrons. The van der Waals surface area contributed by atoms with Crippen molar-refractivity contribution in [3.05, 3.63) is 65.4 Å². The minimum Gasteiger partial charge on any atom is -0.493 e. The number of ether oxygens (including phenoxy) is 2. The third-order valence-electron chi connectivity index (χ3n) is 4.12. The van der Waals surface area contributed by atoms with Gasteiger partial charge in [-0.15, -0.1) is 0 Å². The predicted molar refractivity (Wildman–Crippen MR) is 100 cm³/mol. The van der Waals surface area contributed by atoms with Crippen LogP contribution in [0.5, 0.6) is 5.75 Å². The van der Waals surface area contributed by atoms with Gasteiger partial charge in [-0.2, -0.15) is 0 Å². The maximum absolute atomic E-state index is 12.5. The molecule has 0 spiro atoms. The molecular formula is C21H23NO4. The number of methoxy groups -OCH3 is 1. The van der Waals surface area contributed by atoms with E-state index < -0.39 is 0 Å². The highest BCUT2D eigenvalue weighted by molar-refractivity contribution is 5.97. The zero-order chi connectivity index (χ0) is 18.4. The molecule has 0 saturated heterocycles. The monoisotopic (exact) mass is 353 g/mol. The first kappa shape index (κ1) is 18.0. The van der Waals surface area contributed by atoms with Gasteiger partial charge in [0.25, 0.3) is 5.91 Å². The van der Waals surface area contributed by atoms with Gasteiger partial charge in [0.1, 0.15) is 0 Å². The first-order valence-electron chi connectivity index (χ1n) is 8.72. The number of hydrogen-bond acceptors (Lipinski definition) is 4. The molecule has 3 rings (SSSR count). The summed E-state index contributed by atoms with van der Waals surface area (Å²) in [6.07, 6.45) is 0.981. The van der Waals surface area contributed by atoms with Gasteiger partial charge in [0.15, 0.2) is 17.1 Å². The van der Waals surface area contributed by atoms with Crippen LogP contribution >= 0.6 is 0 Å². The van der Waals surface area contributed by atoms with E-state index in [0.29, 0.717) is 24.5 Å². The summed E-state index contributed by atoms with van der Waals surface area (Å²) in [4.78, 5) is 12.5. The first-order valence-corrected chi connectivity index (χ1v) is 8.72. The second-order valence-electron chi connectivity index (χ2n) is 5.99. The Kier molecular flexibility index (Phi) is 5.92. The molecular weight excluding hydrogens is 330 g/mol.